The van der Waals surface area contributed by atoms with Gasteiger partial charge < -0.3 is 19.2 Å². The van der Waals surface area contributed by atoms with Gasteiger partial charge in [0, 0.05) is 29.5 Å². The number of carbonyl (C=O) groups is 2. The van der Waals surface area contributed by atoms with Gasteiger partial charge in [-0.3, -0.25) is 4.79 Å². The van der Waals surface area contributed by atoms with Crippen LogP contribution in [0.2, 0.25) is 0 Å². The van der Waals surface area contributed by atoms with Crippen LogP contribution in [0.15, 0.2) is 51.7 Å². The number of esters is 1. The first-order valence-corrected chi connectivity index (χ1v) is 9.38. The number of hydrogen-bond donors (Lipinski definition) is 1. The fourth-order valence-corrected chi connectivity index (χ4v) is 3.41. The van der Waals surface area contributed by atoms with E-state index in [2.05, 4.69) is 5.32 Å². The molecule has 0 fully saturated rings. The fourth-order valence-electron chi connectivity index (χ4n) is 3.41. The summed E-state index contributed by atoms with van der Waals surface area (Å²) in [5.74, 6) is -0.468. The molecule has 0 saturated carbocycles. The summed E-state index contributed by atoms with van der Waals surface area (Å²) in [6.07, 6.45) is 0.0671. The molecule has 0 aliphatic rings. The van der Waals surface area contributed by atoms with Crippen molar-refractivity contribution in [3.8, 4) is 5.75 Å². The van der Waals surface area contributed by atoms with E-state index in [1.165, 1.54) is 20.3 Å². The van der Waals surface area contributed by atoms with E-state index in [-0.39, 0.29) is 6.42 Å². The number of carbonyl (C=O) groups excluding carboxylic acids is 2. The number of rotatable bonds is 6. The van der Waals surface area contributed by atoms with E-state index >= 15 is 0 Å². The lowest BCUT2D eigenvalue weighted by molar-refractivity contribution is -0.142. The Morgan fingerprint density at radius 3 is 2.37 bits per heavy atom. The number of amides is 1. The highest BCUT2D eigenvalue weighted by molar-refractivity contribution is 5.97. The average molecular weight is 409 g/mol. The normalized spacial score (nSPS) is 11.7. The van der Waals surface area contributed by atoms with Gasteiger partial charge in [0.15, 0.2) is 0 Å². The van der Waals surface area contributed by atoms with Crippen LogP contribution in [0.1, 0.15) is 27.0 Å². The maximum Gasteiger partial charge on any atom is 0.336 e. The van der Waals surface area contributed by atoms with Crippen LogP contribution in [0.25, 0.3) is 11.0 Å². The molecule has 1 heterocycles. The van der Waals surface area contributed by atoms with Gasteiger partial charge >= 0.3 is 11.6 Å². The molecular weight excluding hydrogens is 386 g/mol. The molecule has 1 aromatic heterocycles. The summed E-state index contributed by atoms with van der Waals surface area (Å²) >= 11 is 0. The van der Waals surface area contributed by atoms with Crippen LogP contribution in [-0.4, -0.2) is 32.1 Å². The van der Waals surface area contributed by atoms with Crippen molar-refractivity contribution in [3.05, 3.63) is 75.1 Å². The molecule has 1 N–H and O–H groups in total. The second kappa shape index (κ2) is 8.82. The minimum Gasteiger partial charge on any atom is -0.497 e. The highest BCUT2D eigenvalue weighted by Crippen LogP contribution is 2.23. The van der Waals surface area contributed by atoms with Crippen molar-refractivity contribution in [1.29, 1.82) is 0 Å². The van der Waals surface area contributed by atoms with Crippen LogP contribution in [-0.2, 0) is 16.0 Å². The zero-order valence-electron chi connectivity index (χ0n) is 17.3. The number of hydrogen-bond acceptors (Lipinski definition) is 6. The summed E-state index contributed by atoms with van der Waals surface area (Å²) in [6, 6.07) is 10.9. The third-order valence-electron chi connectivity index (χ3n) is 4.74. The van der Waals surface area contributed by atoms with Crippen molar-refractivity contribution < 1.29 is 23.5 Å². The lowest BCUT2D eigenvalue weighted by Crippen LogP contribution is -2.43. The number of aryl methyl sites for hydroxylation is 2. The molecule has 1 atom stereocenters. The Balaban J connectivity index is 1.95. The Kier molecular flexibility index (Phi) is 6.20. The van der Waals surface area contributed by atoms with Crippen LogP contribution < -0.4 is 15.7 Å². The molecule has 0 spiro atoms. The van der Waals surface area contributed by atoms with Gasteiger partial charge in [0.2, 0.25) is 0 Å². The number of benzene rings is 2. The lowest BCUT2D eigenvalue weighted by atomic mass is 10.0. The van der Waals surface area contributed by atoms with Gasteiger partial charge in [-0.1, -0.05) is 17.2 Å². The third-order valence-corrected chi connectivity index (χ3v) is 4.74. The molecule has 0 aliphatic heterocycles. The van der Waals surface area contributed by atoms with Gasteiger partial charge in [-0.15, -0.1) is 0 Å². The number of methoxy groups -OCH3 is 2. The zero-order valence-corrected chi connectivity index (χ0v) is 17.3. The maximum absolute atomic E-state index is 12.8. The highest BCUT2D eigenvalue weighted by Gasteiger charge is 2.24. The second-order valence-electron chi connectivity index (χ2n) is 7.08. The zero-order chi connectivity index (χ0) is 21.8. The summed E-state index contributed by atoms with van der Waals surface area (Å²) in [5.41, 5.74) is 2.66. The topological polar surface area (TPSA) is 94.8 Å². The summed E-state index contributed by atoms with van der Waals surface area (Å²) in [5, 5.41) is 3.37. The molecule has 0 bridgehead atoms. The fraction of sp³-hybridized carbons (Fsp3) is 0.261. The van der Waals surface area contributed by atoms with E-state index in [9.17, 15) is 14.4 Å². The summed E-state index contributed by atoms with van der Waals surface area (Å²) in [4.78, 5) is 37.2. The molecule has 0 aliphatic carbocycles. The molecule has 3 aromatic rings. The standard InChI is InChI=1S/C23H23NO6/c1-13-7-14(2)9-16(8-13)22(26)24-19(23(27)29-4)10-15-11-21(25)30-20-12-17(28-3)5-6-18(15)20/h5-9,11-12,19H,10H2,1-4H3,(H,24,26)/t19-/m0/s1. The van der Waals surface area contributed by atoms with Crippen LogP contribution in [0, 0.1) is 13.8 Å². The van der Waals surface area contributed by atoms with Gasteiger partial charge in [0.1, 0.15) is 17.4 Å². The van der Waals surface area contributed by atoms with Crippen molar-refractivity contribution in [2.75, 3.05) is 14.2 Å². The minimum atomic E-state index is -0.976. The number of fused-ring (bicyclic) bond motifs is 1. The number of nitrogens with one attached hydrogen (secondary N) is 1. The van der Waals surface area contributed by atoms with E-state index in [1.807, 2.05) is 19.9 Å². The SMILES string of the molecule is COC(=O)[C@H](Cc1cc(=O)oc2cc(OC)ccc12)NC(=O)c1cc(C)cc(C)c1. The first-order chi connectivity index (χ1) is 14.3. The molecule has 7 nitrogen and oxygen atoms in total. The van der Waals surface area contributed by atoms with Crippen molar-refractivity contribution in [2.45, 2.75) is 26.3 Å². The van der Waals surface area contributed by atoms with Gasteiger partial charge in [-0.25, -0.2) is 9.59 Å². The second-order valence-corrected chi connectivity index (χ2v) is 7.08. The average Bonchev–Trinajstić information content (AvgIpc) is 2.71. The predicted molar refractivity (Wildman–Crippen MR) is 112 cm³/mol. The summed E-state index contributed by atoms with van der Waals surface area (Å²) in [6.45, 7) is 3.79. The van der Waals surface area contributed by atoms with Crippen molar-refractivity contribution in [1.82, 2.24) is 5.32 Å². The summed E-state index contributed by atoms with van der Waals surface area (Å²) in [7, 11) is 2.76. The van der Waals surface area contributed by atoms with Crippen LogP contribution in [0.4, 0.5) is 0 Å². The van der Waals surface area contributed by atoms with Gasteiger partial charge in [-0.05, 0) is 43.7 Å². The molecule has 3 rings (SSSR count). The predicted octanol–water partition coefficient (Wildman–Crippen LogP) is 2.93. The minimum absolute atomic E-state index is 0.0671. The Morgan fingerprint density at radius 1 is 1.03 bits per heavy atom. The van der Waals surface area contributed by atoms with Crippen LogP contribution in [0.3, 0.4) is 0 Å². The molecule has 7 heteroatoms. The van der Waals surface area contributed by atoms with Gasteiger partial charge in [-0.2, -0.15) is 0 Å². The molecule has 2 aromatic carbocycles. The quantitative estimate of drug-likeness (QED) is 0.497. The van der Waals surface area contributed by atoms with E-state index in [0.29, 0.717) is 27.8 Å². The third kappa shape index (κ3) is 4.68. The van der Waals surface area contributed by atoms with Gasteiger partial charge in [0.05, 0.1) is 14.2 Å². The van der Waals surface area contributed by atoms with Crippen molar-refractivity contribution in [2.24, 2.45) is 0 Å². The Bertz CT molecular complexity index is 1140. The molecule has 1 amide bonds. The molecule has 30 heavy (non-hydrogen) atoms. The van der Waals surface area contributed by atoms with E-state index in [1.54, 1.807) is 30.3 Å². The first kappa shape index (κ1) is 21.1. The van der Waals surface area contributed by atoms with E-state index in [0.717, 1.165) is 11.1 Å². The Labute approximate surface area is 173 Å². The number of ether oxygens (including phenoxy) is 2. The Hall–Kier alpha value is -3.61. The molecule has 0 saturated heterocycles. The van der Waals surface area contributed by atoms with Crippen LogP contribution >= 0.6 is 0 Å². The lowest BCUT2D eigenvalue weighted by Gasteiger charge is -2.18. The largest absolute Gasteiger partial charge is 0.497 e. The maximum atomic E-state index is 12.8. The van der Waals surface area contributed by atoms with Crippen LogP contribution in [0.5, 0.6) is 5.75 Å². The van der Waals surface area contributed by atoms with Crippen molar-refractivity contribution in [3.63, 3.8) is 0 Å². The Morgan fingerprint density at radius 2 is 1.73 bits per heavy atom. The molecule has 156 valence electrons. The van der Waals surface area contributed by atoms with E-state index < -0.39 is 23.5 Å². The molecule has 0 unspecified atom stereocenters. The first-order valence-electron chi connectivity index (χ1n) is 9.38. The smallest absolute Gasteiger partial charge is 0.336 e. The molecular formula is C23H23NO6. The highest BCUT2D eigenvalue weighted by atomic mass is 16.5. The molecule has 0 radical (unpaired) electrons. The van der Waals surface area contributed by atoms with Crippen molar-refractivity contribution >= 4 is 22.8 Å². The monoisotopic (exact) mass is 409 g/mol. The van der Waals surface area contributed by atoms with E-state index in [4.69, 9.17) is 13.9 Å². The van der Waals surface area contributed by atoms with Gasteiger partial charge in [0.25, 0.3) is 5.91 Å². The summed E-state index contributed by atoms with van der Waals surface area (Å²) < 4.78 is 15.3.